The number of benzene rings is 1. The Morgan fingerprint density at radius 3 is 2.69 bits per heavy atom. The number of nitrogens with one attached hydrogen (secondary N) is 1. The average Bonchev–Trinajstić information content (AvgIpc) is 2.92. The average molecular weight is 429 g/mol. The molecule has 4 aliphatic carbocycles. The zero-order valence-corrected chi connectivity index (χ0v) is 16.8. The minimum absolute atomic E-state index is 0.0493. The second-order valence-corrected chi connectivity index (χ2v) is 9.89. The first-order valence-corrected chi connectivity index (χ1v) is 10.6. The number of rotatable bonds is 2. The number of alkyl halides is 3. The molecule has 1 heterocycles. The molecule has 0 aromatic heterocycles. The van der Waals surface area contributed by atoms with E-state index in [4.69, 9.17) is 11.6 Å². The van der Waals surface area contributed by atoms with Crippen molar-refractivity contribution in [1.82, 2.24) is 10.2 Å². The van der Waals surface area contributed by atoms with E-state index in [9.17, 15) is 23.1 Å². The third kappa shape index (κ3) is 2.95. The molecule has 1 aromatic rings. The Morgan fingerprint density at radius 2 is 2.03 bits per heavy atom. The molecule has 5 fully saturated rings. The quantitative estimate of drug-likeness (QED) is 0.733. The fraction of sp³-hybridized carbons (Fsp3) is 0.667. The predicted molar refractivity (Wildman–Crippen MR) is 102 cm³/mol. The first-order valence-electron chi connectivity index (χ1n) is 10.2. The van der Waals surface area contributed by atoms with Crippen LogP contribution in [0.5, 0.6) is 0 Å². The van der Waals surface area contributed by atoms with Gasteiger partial charge in [0.2, 0.25) is 0 Å². The topological polar surface area (TPSA) is 52.6 Å². The van der Waals surface area contributed by atoms with Crippen LogP contribution in [0.25, 0.3) is 0 Å². The van der Waals surface area contributed by atoms with Gasteiger partial charge in [0.25, 0.3) is 0 Å². The maximum absolute atomic E-state index is 13.5. The molecular weight excluding hydrogens is 405 g/mol. The molecular formula is C21H24ClF3N2O2. The van der Waals surface area contributed by atoms with Crippen molar-refractivity contribution in [3.63, 3.8) is 0 Å². The predicted octanol–water partition coefficient (Wildman–Crippen LogP) is 4.41. The molecule has 8 heteroatoms. The lowest BCUT2D eigenvalue weighted by molar-refractivity contribution is -0.170. The molecule has 6 rings (SSSR count). The summed E-state index contributed by atoms with van der Waals surface area (Å²) in [5.74, 6) is 0.0832. The van der Waals surface area contributed by atoms with Crippen LogP contribution in [0.4, 0.5) is 18.0 Å². The van der Waals surface area contributed by atoms with Gasteiger partial charge in [0.15, 0.2) is 0 Å². The highest BCUT2D eigenvalue weighted by Crippen LogP contribution is 2.63. The number of carbonyl (C=O) groups excluding carboxylic acids is 1. The van der Waals surface area contributed by atoms with E-state index in [1.165, 1.54) is 6.07 Å². The van der Waals surface area contributed by atoms with Crippen molar-refractivity contribution < 1.29 is 23.1 Å². The zero-order valence-electron chi connectivity index (χ0n) is 16.0. The maximum Gasteiger partial charge on any atom is 0.417 e. The van der Waals surface area contributed by atoms with E-state index in [1.807, 2.05) is 11.8 Å². The van der Waals surface area contributed by atoms with Gasteiger partial charge in [-0.3, -0.25) is 0 Å². The summed E-state index contributed by atoms with van der Waals surface area (Å²) in [6.07, 6.45) is -1.61. The van der Waals surface area contributed by atoms with Gasteiger partial charge >= 0.3 is 12.2 Å². The van der Waals surface area contributed by atoms with Crippen molar-refractivity contribution in [2.45, 2.75) is 62.4 Å². The zero-order chi connectivity index (χ0) is 20.7. The first-order chi connectivity index (χ1) is 13.6. The van der Waals surface area contributed by atoms with Crippen LogP contribution in [0.15, 0.2) is 18.2 Å². The molecule has 7 unspecified atom stereocenters. The summed E-state index contributed by atoms with van der Waals surface area (Å²) in [5.41, 5.74) is -1.41. The van der Waals surface area contributed by atoms with Crippen LogP contribution in [-0.4, -0.2) is 40.3 Å². The lowest BCUT2D eigenvalue weighted by Crippen LogP contribution is -2.65. The molecule has 2 amide bonds. The maximum atomic E-state index is 13.5. The number of halogens is 4. The van der Waals surface area contributed by atoms with Gasteiger partial charge in [-0.15, -0.1) is 0 Å². The summed E-state index contributed by atoms with van der Waals surface area (Å²) in [6.45, 7) is 2.55. The van der Waals surface area contributed by atoms with E-state index in [0.717, 1.165) is 18.9 Å². The monoisotopic (exact) mass is 428 g/mol. The van der Waals surface area contributed by atoms with E-state index in [1.54, 1.807) is 6.07 Å². The largest absolute Gasteiger partial charge is 0.417 e. The van der Waals surface area contributed by atoms with Crippen LogP contribution in [0.2, 0.25) is 5.02 Å². The molecule has 4 nitrogen and oxygen atoms in total. The van der Waals surface area contributed by atoms with Crippen LogP contribution in [0, 0.1) is 17.8 Å². The van der Waals surface area contributed by atoms with E-state index in [-0.39, 0.29) is 35.0 Å². The minimum atomic E-state index is -4.55. The van der Waals surface area contributed by atoms with Crippen LogP contribution in [-0.2, 0) is 6.18 Å². The Morgan fingerprint density at radius 1 is 1.28 bits per heavy atom. The van der Waals surface area contributed by atoms with Crippen molar-refractivity contribution in [2.24, 2.45) is 17.8 Å². The number of hydrogen-bond donors (Lipinski definition) is 2. The number of aliphatic hydroxyl groups is 1. The smallest absolute Gasteiger partial charge is 0.389 e. The minimum Gasteiger partial charge on any atom is -0.389 e. The Bertz CT molecular complexity index is 863. The number of hydrogen-bond acceptors (Lipinski definition) is 2. The molecule has 0 radical (unpaired) electrons. The van der Waals surface area contributed by atoms with Crippen molar-refractivity contribution in [3.8, 4) is 0 Å². The molecule has 7 atom stereocenters. The number of carbonyl (C=O) groups is 1. The molecule has 1 aromatic carbocycles. The summed E-state index contributed by atoms with van der Waals surface area (Å²) in [4.78, 5) is 14.4. The number of amides is 2. The van der Waals surface area contributed by atoms with Gasteiger partial charge in [0.05, 0.1) is 16.2 Å². The van der Waals surface area contributed by atoms with Crippen LogP contribution in [0.1, 0.15) is 49.7 Å². The van der Waals surface area contributed by atoms with E-state index in [0.29, 0.717) is 30.9 Å². The second kappa shape index (κ2) is 6.27. The van der Waals surface area contributed by atoms with Crippen molar-refractivity contribution in [2.75, 3.05) is 6.54 Å². The van der Waals surface area contributed by atoms with Gasteiger partial charge in [0, 0.05) is 24.5 Å². The highest BCUT2D eigenvalue weighted by Gasteiger charge is 2.62. The van der Waals surface area contributed by atoms with Gasteiger partial charge in [-0.1, -0.05) is 17.7 Å². The van der Waals surface area contributed by atoms with Crippen LogP contribution in [0.3, 0.4) is 0 Å². The normalized spacial score (nSPS) is 41.2. The van der Waals surface area contributed by atoms with Gasteiger partial charge in [-0.2, -0.15) is 13.2 Å². The highest BCUT2D eigenvalue weighted by molar-refractivity contribution is 6.31. The Hall–Kier alpha value is -1.47. The third-order valence-corrected chi connectivity index (χ3v) is 7.87. The molecule has 1 aliphatic heterocycles. The second-order valence-electron chi connectivity index (χ2n) is 9.48. The Kier molecular flexibility index (Phi) is 4.21. The van der Waals surface area contributed by atoms with Crippen molar-refractivity contribution >= 4 is 17.6 Å². The van der Waals surface area contributed by atoms with Gasteiger partial charge in [0.1, 0.15) is 0 Å². The number of urea groups is 1. The summed E-state index contributed by atoms with van der Waals surface area (Å²) in [6, 6.07) is 3.91. The Balaban J connectivity index is 1.57. The third-order valence-electron chi connectivity index (χ3n) is 7.54. The van der Waals surface area contributed by atoms with E-state index in [2.05, 4.69) is 5.32 Å². The summed E-state index contributed by atoms with van der Waals surface area (Å²) in [7, 11) is 0. The first kappa shape index (κ1) is 19.5. The molecule has 5 aliphatic rings. The summed E-state index contributed by atoms with van der Waals surface area (Å²) >= 11 is 5.83. The lowest BCUT2D eigenvalue weighted by Gasteiger charge is -2.63. The van der Waals surface area contributed by atoms with E-state index >= 15 is 0 Å². The van der Waals surface area contributed by atoms with Crippen LogP contribution < -0.4 is 5.32 Å². The molecule has 0 spiro atoms. The molecule has 29 heavy (non-hydrogen) atoms. The highest BCUT2D eigenvalue weighted by atomic mass is 35.5. The van der Waals surface area contributed by atoms with Crippen molar-refractivity contribution in [3.05, 3.63) is 34.3 Å². The molecule has 158 valence electrons. The Labute approximate surface area is 172 Å². The van der Waals surface area contributed by atoms with Gasteiger partial charge < -0.3 is 15.3 Å². The molecule has 1 saturated heterocycles. The molecule has 4 bridgehead atoms. The summed E-state index contributed by atoms with van der Waals surface area (Å²) in [5, 5.41) is 14.1. The SMILES string of the molecule is CC1CN(C2C3CC4CC2C(c2ccc(Cl)c(C(F)(F)F)c2)C(O)(C4)C3)C(=O)N1. The summed E-state index contributed by atoms with van der Waals surface area (Å²) < 4.78 is 40.4. The van der Waals surface area contributed by atoms with Crippen LogP contribution >= 0.6 is 11.6 Å². The fourth-order valence-corrected chi connectivity index (χ4v) is 7.13. The molecule has 4 saturated carbocycles. The lowest BCUT2D eigenvalue weighted by atomic mass is 9.46. The van der Waals surface area contributed by atoms with Crippen molar-refractivity contribution in [1.29, 1.82) is 0 Å². The standard InChI is InChI=1S/C21H24ClF3N2O2/c1-10-9-27(19(28)26-10)18-13-4-11-5-14(18)17(20(29,7-11)8-13)12-2-3-16(22)15(6-12)21(23,24)25/h2-3,6,10-11,13-14,17-18,29H,4-5,7-9H2,1H3,(H,26,28). The fourth-order valence-electron chi connectivity index (χ4n) is 6.90. The van der Waals surface area contributed by atoms with Gasteiger partial charge in [-0.05, 0) is 68.1 Å². The molecule has 2 N–H and O–H groups in total. The van der Waals surface area contributed by atoms with E-state index < -0.39 is 23.3 Å². The number of nitrogens with zero attached hydrogens (tertiary/aromatic N) is 1. The van der Waals surface area contributed by atoms with Gasteiger partial charge in [-0.25, -0.2) is 4.79 Å².